The summed E-state index contributed by atoms with van der Waals surface area (Å²) < 4.78 is 10.5. The van der Waals surface area contributed by atoms with Crippen LogP contribution in [-0.4, -0.2) is 32.9 Å². The predicted octanol–water partition coefficient (Wildman–Crippen LogP) is 1.74. The molecule has 0 amide bonds. The topological polar surface area (TPSA) is 62.6 Å². The Morgan fingerprint density at radius 1 is 1.40 bits per heavy atom. The van der Waals surface area contributed by atoms with Crippen LogP contribution in [0.5, 0.6) is 5.75 Å². The van der Waals surface area contributed by atoms with Crippen molar-refractivity contribution in [2.45, 2.75) is 19.2 Å². The number of carbonyl (C=O) groups is 1. The number of cyclic esters (lactones) is 1. The molecule has 2 heterocycles. The van der Waals surface area contributed by atoms with Crippen molar-refractivity contribution >= 4 is 18.4 Å². The van der Waals surface area contributed by atoms with Crippen molar-refractivity contribution in [1.29, 1.82) is 5.26 Å². The van der Waals surface area contributed by atoms with Crippen molar-refractivity contribution < 1.29 is 14.3 Å². The van der Waals surface area contributed by atoms with E-state index in [1.807, 2.05) is 6.07 Å². The van der Waals surface area contributed by atoms with E-state index in [1.165, 1.54) is 0 Å². The highest BCUT2D eigenvalue weighted by molar-refractivity contribution is 6.67. The van der Waals surface area contributed by atoms with Crippen LogP contribution in [0.3, 0.4) is 0 Å². The second kappa shape index (κ2) is 5.08. The molecule has 0 aliphatic carbocycles. The van der Waals surface area contributed by atoms with Crippen LogP contribution < -0.4 is 9.64 Å². The minimum Gasteiger partial charge on any atom is -0.495 e. The minimum absolute atomic E-state index is 0.150. The molecular formula is C14H15BN2O3. The molecule has 102 valence electrons. The van der Waals surface area contributed by atoms with Crippen molar-refractivity contribution in [3.8, 4) is 11.7 Å². The molecule has 0 radical (unpaired) electrons. The SMILES string of the molecule is COc1cc2c(cc1N1CCB(C#N)CC1)COC2=O. The van der Waals surface area contributed by atoms with Crippen LogP contribution in [0.2, 0.25) is 12.6 Å². The maximum absolute atomic E-state index is 11.6. The molecule has 0 spiro atoms. The van der Waals surface area contributed by atoms with Gasteiger partial charge in [-0.3, -0.25) is 0 Å². The van der Waals surface area contributed by atoms with E-state index < -0.39 is 0 Å². The fourth-order valence-electron chi connectivity index (χ4n) is 2.80. The summed E-state index contributed by atoms with van der Waals surface area (Å²) in [5.74, 6) is 2.74. The molecule has 1 aromatic carbocycles. The lowest BCUT2D eigenvalue weighted by Crippen LogP contribution is -2.36. The van der Waals surface area contributed by atoms with E-state index in [2.05, 4.69) is 10.9 Å². The molecule has 2 aliphatic heterocycles. The van der Waals surface area contributed by atoms with Crippen molar-refractivity contribution in [1.82, 2.24) is 0 Å². The third-order valence-corrected chi connectivity index (χ3v) is 4.00. The van der Waals surface area contributed by atoms with E-state index in [0.29, 0.717) is 17.9 Å². The minimum atomic E-state index is -0.284. The van der Waals surface area contributed by atoms with Gasteiger partial charge >= 0.3 is 5.97 Å². The van der Waals surface area contributed by atoms with Crippen LogP contribution >= 0.6 is 0 Å². The summed E-state index contributed by atoms with van der Waals surface area (Å²) in [6.45, 7) is 2.15. The number of hydrogen-bond acceptors (Lipinski definition) is 5. The fraction of sp³-hybridized carbons (Fsp3) is 0.429. The Morgan fingerprint density at radius 3 is 2.80 bits per heavy atom. The van der Waals surface area contributed by atoms with E-state index in [4.69, 9.17) is 14.7 Å². The average Bonchev–Trinajstić information content (AvgIpc) is 2.87. The summed E-state index contributed by atoms with van der Waals surface area (Å²) in [6.07, 6.45) is 1.73. The van der Waals surface area contributed by atoms with Gasteiger partial charge in [-0.05, 0) is 24.8 Å². The van der Waals surface area contributed by atoms with Gasteiger partial charge in [0.25, 0.3) is 6.71 Å². The maximum Gasteiger partial charge on any atom is 0.339 e. The quantitative estimate of drug-likeness (QED) is 0.605. The molecule has 20 heavy (non-hydrogen) atoms. The van der Waals surface area contributed by atoms with Gasteiger partial charge < -0.3 is 14.4 Å². The number of anilines is 1. The summed E-state index contributed by atoms with van der Waals surface area (Å²) in [5, 5.41) is 8.96. The Balaban J connectivity index is 1.90. The van der Waals surface area contributed by atoms with Gasteiger partial charge in [-0.2, -0.15) is 0 Å². The molecule has 0 bridgehead atoms. The Bertz CT molecular complexity index is 589. The van der Waals surface area contributed by atoms with Gasteiger partial charge in [0, 0.05) is 24.6 Å². The number of benzene rings is 1. The Kier molecular flexibility index (Phi) is 3.27. The van der Waals surface area contributed by atoms with Gasteiger partial charge in [0.1, 0.15) is 12.4 Å². The van der Waals surface area contributed by atoms with E-state index >= 15 is 0 Å². The van der Waals surface area contributed by atoms with Gasteiger partial charge in [-0.25, -0.2) is 10.1 Å². The highest BCUT2D eigenvalue weighted by Gasteiger charge is 2.28. The van der Waals surface area contributed by atoms with E-state index in [9.17, 15) is 4.79 Å². The van der Waals surface area contributed by atoms with Crippen LogP contribution in [-0.2, 0) is 11.3 Å². The molecule has 6 heteroatoms. The average molecular weight is 270 g/mol. The summed E-state index contributed by atoms with van der Waals surface area (Å²) in [6, 6.07) is 3.74. The largest absolute Gasteiger partial charge is 0.495 e. The second-order valence-corrected chi connectivity index (χ2v) is 5.15. The van der Waals surface area contributed by atoms with Gasteiger partial charge in [0.2, 0.25) is 0 Å². The van der Waals surface area contributed by atoms with Gasteiger partial charge in [-0.1, -0.05) is 0 Å². The summed E-state index contributed by atoms with van der Waals surface area (Å²) >= 11 is 0. The number of esters is 1. The zero-order valence-electron chi connectivity index (χ0n) is 11.4. The second-order valence-electron chi connectivity index (χ2n) is 5.15. The number of rotatable bonds is 2. The molecule has 1 saturated heterocycles. The van der Waals surface area contributed by atoms with E-state index in [-0.39, 0.29) is 12.7 Å². The van der Waals surface area contributed by atoms with Crippen molar-refractivity contribution in [3.63, 3.8) is 0 Å². The molecular weight excluding hydrogens is 255 g/mol. The molecule has 2 aliphatic rings. The lowest BCUT2D eigenvalue weighted by Gasteiger charge is -2.31. The molecule has 5 nitrogen and oxygen atoms in total. The number of ether oxygens (including phenoxy) is 2. The van der Waals surface area contributed by atoms with Crippen molar-refractivity contribution in [3.05, 3.63) is 23.3 Å². The number of carbonyl (C=O) groups excluding carboxylic acids is 1. The molecule has 0 saturated carbocycles. The third kappa shape index (κ3) is 2.09. The van der Waals surface area contributed by atoms with Crippen LogP contribution in [0.1, 0.15) is 15.9 Å². The highest BCUT2D eigenvalue weighted by Crippen LogP contribution is 2.36. The first kappa shape index (κ1) is 12.9. The van der Waals surface area contributed by atoms with Crippen LogP contribution in [0.4, 0.5) is 5.69 Å². The van der Waals surface area contributed by atoms with Crippen LogP contribution in [0, 0.1) is 11.2 Å². The van der Waals surface area contributed by atoms with Gasteiger partial charge in [0.15, 0.2) is 0 Å². The van der Waals surface area contributed by atoms with Crippen molar-refractivity contribution in [2.24, 2.45) is 0 Å². The Labute approximate surface area is 118 Å². The first-order valence-corrected chi connectivity index (χ1v) is 6.75. The molecule has 1 aromatic rings. The van der Waals surface area contributed by atoms with Gasteiger partial charge in [0.05, 0.1) is 18.4 Å². The molecule has 0 aromatic heterocycles. The number of methoxy groups -OCH3 is 1. The standard InChI is InChI=1S/C14H15BN2O3/c1-19-13-7-11-10(8-20-14(11)18)6-12(13)17-4-2-15(9-16)3-5-17/h6-7H,2-5,8H2,1H3. The number of fused-ring (bicyclic) bond motifs is 1. The fourth-order valence-corrected chi connectivity index (χ4v) is 2.80. The number of nitrogens with zero attached hydrogens (tertiary/aromatic N) is 2. The summed E-state index contributed by atoms with van der Waals surface area (Å²) in [4.78, 5) is 13.8. The predicted molar refractivity (Wildman–Crippen MR) is 75.3 cm³/mol. The molecule has 0 unspecified atom stereocenters. The summed E-state index contributed by atoms with van der Waals surface area (Å²) in [7, 11) is 1.60. The number of nitriles is 1. The molecule has 0 N–H and O–H groups in total. The molecule has 3 rings (SSSR count). The first-order chi connectivity index (χ1) is 9.72. The smallest absolute Gasteiger partial charge is 0.339 e. The lowest BCUT2D eigenvalue weighted by molar-refractivity contribution is 0.0535. The lowest BCUT2D eigenvalue weighted by atomic mass is 9.45. The monoisotopic (exact) mass is 270 g/mol. The van der Waals surface area contributed by atoms with Crippen LogP contribution in [0.15, 0.2) is 12.1 Å². The van der Waals surface area contributed by atoms with Gasteiger partial charge in [-0.15, -0.1) is 0 Å². The molecule has 1 fully saturated rings. The highest BCUT2D eigenvalue weighted by atomic mass is 16.5. The zero-order chi connectivity index (χ0) is 14.1. The van der Waals surface area contributed by atoms with E-state index in [0.717, 1.165) is 37.0 Å². The summed E-state index contributed by atoms with van der Waals surface area (Å²) in [5.41, 5.74) is 2.49. The number of hydrogen-bond donors (Lipinski definition) is 0. The van der Waals surface area contributed by atoms with E-state index in [1.54, 1.807) is 13.2 Å². The van der Waals surface area contributed by atoms with Crippen LogP contribution in [0.25, 0.3) is 0 Å². The first-order valence-electron chi connectivity index (χ1n) is 6.75. The Hall–Kier alpha value is -2.16. The normalized spacial score (nSPS) is 17.5. The maximum atomic E-state index is 11.6. The third-order valence-electron chi connectivity index (χ3n) is 4.00. The zero-order valence-corrected chi connectivity index (χ0v) is 11.4. The Morgan fingerprint density at radius 2 is 2.15 bits per heavy atom. The molecule has 0 atom stereocenters. The van der Waals surface area contributed by atoms with Crippen molar-refractivity contribution in [2.75, 3.05) is 25.1 Å².